The summed E-state index contributed by atoms with van der Waals surface area (Å²) < 4.78 is 0. The van der Waals surface area contributed by atoms with Gasteiger partial charge in [0.25, 0.3) is 0 Å². The summed E-state index contributed by atoms with van der Waals surface area (Å²) in [7, 11) is 0. The molecule has 0 saturated heterocycles. The molecule has 1 amide bonds. The average molecular weight is 616 g/mol. The zero-order valence-electron chi connectivity index (χ0n) is 29.2. The Labute approximate surface area is 274 Å². The summed E-state index contributed by atoms with van der Waals surface area (Å²) in [5.41, 5.74) is -0.317. The minimum Gasteiger partial charge on any atom is -0.465 e. The number of carbonyl (C=O) groups is 1. The molecule has 0 spiro atoms. The summed E-state index contributed by atoms with van der Waals surface area (Å²) in [4.78, 5) is 11.2. The van der Waals surface area contributed by atoms with Crippen LogP contribution in [0.4, 0.5) is 4.79 Å². The van der Waals surface area contributed by atoms with Crippen molar-refractivity contribution in [2.75, 3.05) is 13.2 Å². The van der Waals surface area contributed by atoms with Gasteiger partial charge in [-0.25, -0.2) is 4.79 Å². The molecule has 3 N–H and O–H groups in total. The molecule has 0 unspecified atom stereocenters. The van der Waals surface area contributed by atoms with Crippen molar-refractivity contribution < 1.29 is 15.0 Å². The van der Waals surface area contributed by atoms with Gasteiger partial charge in [0, 0.05) is 12.0 Å². The van der Waals surface area contributed by atoms with Crippen LogP contribution in [-0.4, -0.2) is 29.5 Å². The summed E-state index contributed by atoms with van der Waals surface area (Å²) in [6, 6.07) is 0. The number of allylic oxidation sites excluding steroid dienone is 8. The first-order valence-electron chi connectivity index (χ1n) is 18.8. The van der Waals surface area contributed by atoms with E-state index in [0.29, 0.717) is 6.54 Å². The predicted molar refractivity (Wildman–Crippen MR) is 193 cm³/mol. The number of nitrogens with one attached hydrogen (secondary N) is 1. The van der Waals surface area contributed by atoms with Crippen LogP contribution in [0.5, 0.6) is 0 Å². The highest BCUT2D eigenvalue weighted by molar-refractivity contribution is 5.64. The zero-order chi connectivity index (χ0) is 32.2. The third-order valence-electron chi connectivity index (χ3n) is 8.77. The number of hydrogen-bond acceptors (Lipinski definition) is 2. The van der Waals surface area contributed by atoms with Gasteiger partial charge in [-0.05, 0) is 77.0 Å². The molecule has 256 valence electrons. The Morgan fingerprint density at radius 1 is 0.523 bits per heavy atom. The number of aliphatic hydroxyl groups excluding tert-OH is 1. The van der Waals surface area contributed by atoms with E-state index < -0.39 is 6.09 Å². The molecular weight excluding hydrogens is 542 g/mol. The van der Waals surface area contributed by atoms with E-state index in [4.69, 9.17) is 0 Å². The Bertz CT molecular complexity index is 676. The Balaban J connectivity index is 3.98. The molecule has 0 aliphatic carbocycles. The maximum absolute atomic E-state index is 11.2. The summed E-state index contributed by atoms with van der Waals surface area (Å²) in [5, 5.41) is 22.1. The number of unbranched alkanes of at least 4 members (excludes halogenated alkanes) is 18. The maximum Gasteiger partial charge on any atom is 0.404 e. The van der Waals surface area contributed by atoms with Gasteiger partial charge >= 0.3 is 6.09 Å². The van der Waals surface area contributed by atoms with Crippen molar-refractivity contribution in [3.63, 3.8) is 0 Å². The van der Waals surface area contributed by atoms with Gasteiger partial charge in [-0.1, -0.05) is 152 Å². The molecule has 0 aromatic heterocycles. The Morgan fingerprint density at radius 2 is 0.864 bits per heavy atom. The van der Waals surface area contributed by atoms with Crippen molar-refractivity contribution >= 4 is 6.09 Å². The SMILES string of the molecule is CCCCCC=CCC=CCCCCCCCCC(CO)(CCCCCCCCC=CCC=CCCCCC)CNC(=O)O. The molecule has 0 aromatic rings. The lowest BCUT2D eigenvalue weighted by atomic mass is 9.78. The van der Waals surface area contributed by atoms with E-state index in [1.807, 2.05) is 0 Å². The molecule has 0 atom stereocenters. The summed E-state index contributed by atoms with van der Waals surface area (Å²) >= 11 is 0. The second-order valence-corrected chi connectivity index (χ2v) is 13.0. The Hall–Kier alpha value is -1.81. The molecule has 0 heterocycles. The van der Waals surface area contributed by atoms with Crippen molar-refractivity contribution in [1.82, 2.24) is 5.32 Å². The van der Waals surface area contributed by atoms with Crippen LogP contribution in [0.2, 0.25) is 0 Å². The van der Waals surface area contributed by atoms with E-state index in [-0.39, 0.29) is 12.0 Å². The van der Waals surface area contributed by atoms with Gasteiger partial charge < -0.3 is 15.5 Å². The van der Waals surface area contributed by atoms with Gasteiger partial charge in [0.2, 0.25) is 0 Å². The first-order chi connectivity index (χ1) is 21.6. The van der Waals surface area contributed by atoms with Crippen LogP contribution in [0.25, 0.3) is 0 Å². The highest BCUT2D eigenvalue weighted by Crippen LogP contribution is 2.31. The van der Waals surface area contributed by atoms with Crippen molar-refractivity contribution in [1.29, 1.82) is 0 Å². The van der Waals surface area contributed by atoms with E-state index in [9.17, 15) is 15.0 Å². The molecule has 0 fully saturated rings. The van der Waals surface area contributed by atoms with Crippen molar-refractivity contribution in [3.8, 4) is 0 Å². The Morgan fingerprint density at radius 3 is 1.20 bits per heavy atom. The quantitative estimate of drug-likeness (QED) is 0.0508. The topological polar surface area (TPSA) is 69.6 Å². The number of hydrogen-bond donors (Lipinski definition) is 3. The van der Waals surface area contributed by atoms with Crippen LogP contribution < -0.4 is 5.32 Å². The average Bonchev–Trinajstić information content (AvgIpc) is 3.02. The standard InChI is InChI=1S/C40H73NO3/c1-3-5-7-9-11-13-15-17-19-21-23-25-27-29-31-33-35-40(38-42,37-41-39(43)44)36-34-32-30-28-26-24-22-20-18-16-14-12-10-8-6-4-2/h11-14,17-20,41-42H,3-10,15-16,21-38H2,1-2H3,(H,43,44). The smallest absolute Gasteiger partial charge is 0.404 e. The second kappa shape index (κ2) is 34.1. The normalized spacial score (nSPS) is 13.6. The van der Waals surface area contributed by atoms with Crippen molar-refractivity contribution in [3.05, 3.63) is 48.6 Å². The summed E-state index contributed by atoms with van der Waals surface area (Å²) in [5.74, 6) is 0. The molecule has 0 rings (SSSR count). The van der Waals surface area contributed by atoms with Crippen LogP contribution in [0.15, 0.2) is 48.6 Å². The summed E-state index contributed by atoms with van der Waals surface area (Å²) in [6.45, 7) is 4.92. The molecule has 0 aromatic carbocycles. The minimum atomic E-state index is -0.989. The molecular formula is C40H73NO3. The van der Waals surface area contributed by atoms with Gasteiger partial charge in [0.1, 0.15) is 0 Å². The highest BCUT2D eigenvalue weighted by atomic mass is 16.4. The molecule has 4 nitrogen and oxygen atoms in total. The maximum atomic E-state index is 11.2. The number of carboxylic acid groups (broad SMARTS) is 1. The highest BCUT2D eigenvalue weighted by Gasteiger charge is 2.29. The van der Waals surface area contributed by atoms with Crippen molar-refractivity contribution in [2.45, 2.75) is 181 Å². The van der Waals surface area contributed by atoms with Crippen LogP contribution in [0, 0.1) is 5.41 Å². The number of aliphatic hydroxyl groups is 1. The van der Waals surface area contributed by atoms with Crippen LogP contribution in [0.3, 0.4) is 0 Å². The predicted octanol–water partition coefficient (Wildman–Crippen LogP) is 12.6. The lowest BCUT2D eigenvalue weighted by molar-refractivity contribution is 0.0949. The van der Waals surface area contributed by atoms with Crippen LogP contribution >= 0.6 is 0 Å². The Kier molecular flexibility index (Phi) is 32.7. The summed E-state index contributed by atoms with van der Waals surface area (Å²) in [6.07, 6.45) is 48.6. The van der Waals surface area contributed by atoms with E-state index in [2.05, 4.69) is 67.8 Å². The fourth-order valence-corrected chi connectivity index (χ4v) is 5.76. The van der Waals surface area contributed by atoms with Gasteiger partial charge in [-0.2, -0.15) is 0 Å². The molecule has 44 heavy (non-hydrogen) atoms. The second-order valence-electron chi connectivity index (χ2n) is 13.0. The third-order valence-corrected chi connectivity index (χ3v) is 8.77. The van der Waals surface area contributed by atoms with Crippen molar-refractivity contribution in [2.24, 2.45) is 5.41 Å². The fourth-order valence-electron chi connectivity index (χ4n) is 5.76. The van der Waals surface area contributed by atoms with Crippen LogP contribution in [-0.2, 0) is 0 Å². The third kappa shape index (κ3) is 30.2. The van der Waals surface area contributed by atoms with E-state index in [1.54, 1.807) is 0 Å². The molecule has 0 aliphatic heterocycles. The van der Waals surface area contributed by atoms with Gasteiger partial charge in [-0.3, -0.25) is 0 Å². The lowest BCUT2D eigenvalue weighted by Gasteiger charge is -2.32. The van der Waals surface area contributed by atoms with E-state index in [0.717, 1.165) is 51.4 Å². The van der Waals surface area contributed by atoms with Gasteiger partial charge in [0.05, 0.1) is 6.61 Å². The van der Waals surface area contributed by atoms with Crippen LogP contribution in [0.1, 0.15) is 181 Å². The minimum absolute atomic E-state index is 0.0633. The first-order valence-corrected chi connectivity index (χ1v) is 18.8. The molecule has 0 bridgehead atoms. The molecule has 0 saturated carbocycles. The number of amides is 1. The van der Waals surface area contributed by atoms with Gasteiger partial charge in [-0.15, -0.1) is 0 Å². The number of rotatable bonds is 33. The molecule has 0 aliphatic rings. The van der Waals surface area contributed by atoms with Gasteiger partial charge in [0.15, 0.2) is 0 Å². The first kappa shape index (κ1) is 42.2. The fraction of sp³-hybridized carbons (Fsp3) is 0.775. The van der Waals surface area contributed by atoms with E-state index in [1.165, 1.54) is 116 Å². The monoisotopic (exact) mass is 616 g/mol. The lowest BCUT2D eigenvalue weighted by Crippen LogP contribution is -2.39. The largest absolute Gasteiger partial charge is 0.465 e. The molecule has 4 heteroatoms. The van der Waals surface area contributed by atoms with E-state index >= 15 is 0 Å². The zero-order valence-corrected chi connectivity index (χ0v) is 29.2. The molecule has 0 radical (unpaired) electrons.